The van der Waals surface area contributed by atoms with Crippen molar-refractivity contribution in [2.75, 3.05) is 0 Å². The molecule has 0 radical (unpaired) electrons. The molecule has 1 aliphatic heterocycles. The summed E-state index contributed by atoms with van der Waals surface area (Å²) >= 11 is 3.34. The molecule has 0 aliphatic carbocycles. The van der Waals surface area contributed by atoms with Crippen LogP contribution in [0.15, 0.2) is 44.1 Å². The number of halogens is 1. The van der Waals surface area contributed by atoms with Crippen LogP contribution in [0, 0.1) is 10.1 Å². The summed E-state index contributed by atoms with van der Waals surface area (Å²) in [6.07, 6.45) is 0.887. The standard InChI is InChI=1S/C14H10BrN5O5/c15-9-3-1-8(2-4-9)12-17-19(14(21)25-12)6-10-5-18-7-11(20(22)23)16-13(18)24-10/h1-4,7,10H,5-6H2. The summed E-state index contributed by atoms with van der Waals surface area (Å²) < 4.78 is 14.3. The Hall–Kier alpha value is -2.95. The first kappa shape index (κ1) is 15.6. The summed E-state index contributed by atoms with van der Waals surface area (Å²) in [5.41, 5.74) is 0.676. The Labute approximate surface area is 147 Å². The molecule has 2 aromatic heterocycles. The van der Waals surface area contributed by atoms with Crippen LogP contribution in [0.2, 0.25) is 0 Å². The summed E-state index contributed by atoms with van der Waals surface area (Å²) in [6, 6.07) is 7.35. The first-order chi connectivity index (χ1) is 12.0. The molecule has 1 unspecified atom stereocenters. The van der Waals surface area contributed by atoms with Gasteiger partial charge in [-0.1, -0.05) is 15.9 Å². The molecule has 3 heterocycles. The van der Waals surface area contributed by atoms with Gasteiger partial charge in [0.15, 0.2) is 0 Å². The van der Waals surface area contributed by atoms with Crippen molar-refractivity contribution >= 4 is 21.7 Å². The van der Waals surface area contributed by atoms with Crippen LogP contribution < -0.4 is 10.5 Å². The van der Waals surface area contributed by atoms with Crippen molar-refractivity contribution in [3.63, 3.8) is 0 Å². The van der Waals surface area contributed by atoms with Gasteiger partial charge < -0.3 is 19.3 Å². The molecule has 128 valence electrons. The molecule has 0 fully saturated rings. The first-order valence-electron chi connectivity index (χ1n) is 7.22. The molecule has 4 rings (SSSR count). The molecule has 0 bridgehead atoms. The Morgan fingerprint density at radius 2 is 2.12 bits per heavy atom. The van der Waals surface area contributed by atoms with E-state index < -0.39 is 16.8 Å². The second kappa shape index (κ2) is 5.84. The van der Waals surface area contributed by atoms with Gasteiger partial charge in [0.05, 0.1) is 13.1 Å². The van der Waals surface area contributed by atoms with E-state index in [1.54, 1.807) is 12.1 Å². The van der Waals surface area contributed by atoms with E-state index in [9.17, 15) is 14.9 Å². The Kier molecular flexibility index (Phi) is 3.64. The molecule has 0 N–H and O–H groups in total. The average Bonchev–Trinajstić information content (AvgIpc) is 3.22. The number of hydrogen-bond acceptors (Lipinski definition) is 7. The van der Waals surface area contributed by atoms with Crippen molar-refractivity contribution in [3.8, 4) is 17.5 Å². The van der Waals surface area contributed by atoms with E-state index in [4.69, 9.17) is 9.15 Å². The molecule has 11 heteroatoms. The number of nitrogens with zero attached hydrogens (tertiary/aromatic N) is 5. The van der Waals surface area contributed by atoms with E-state index in [2.05, 4.69) is 26.0 Å². The topological polar surface area (TPSA) is 118 Å². The second-order valence-electron chi connectivity index (χ2n) is 5.39. The quantitative estimate of drug-likeness (QED) is 0.477. The van der Waals surface area contributed by atoms with Crippen molar-refractivity contribution < 1.29 is 14.1 Å². The third kappa shape index (κ3) is 2.93. The van der Waals surface area contributed by atoms with Crippen LogP contribution >= 0.6 is 15.9 Å². The summed E-state index contributed by atoms with van der Waals surface area (Å²) in [6.45, 7) is 0.485. The molecule has 25 heavy (non-hydrogen) atoms. The number of nitro groups is 1. The minimum Gasteiger partial charge on any atom is -0.439 e. The van der Waals surface area contributed by atoms with E-state index in [-0.39, 0.29) is 24.3 Å². The van der Waals surface area contributed by atoms with Crippen LogP contribution in [0.3, 0.4) is 0 Å². The summed E-state index contributed by atoms with van der Waals surface area (Å²) in [4.78, 5) is 25.9. The van der Waals surface area contributed by atoms with E-state index in [1.807, 2.05) is 12.1 Å². The maximum absolute atomic E-state index is 12.0. The maximum atomic E-state index is 12.0. The van der Waals surface area contributed by atoms with Crippen molar-refractivity contribution in [1.82, 2.24) is 19.3 Å². The largest absolute Gasteiger partial charge is 0.439 e. The number of fused-ring (bicyclic) bond motifs is 1. The minimum absolute atomic E-state index is 0.149. The predicted octanol–water partition coefficient (Wildman–Crippen LogP) is 1.83. The molecule has 0 spiro atoms. The number of ether oxygens (including phenoxy) is 1. The van der Waals surface area contributed by atoms with E-state index in [0.717, 1.165) is 4.47 Å². The smallest absolute Gasteiger partial charge is 0.437 e. The molecule has 1 aliphatic rings. The molecule has 1 atom stereocenters. The van der Waals surface area contributed by atoms with Crippen LogP contribution in [-0.2, 0) is 13.1 Å². The fraction of sp³-hybridized carbons (Fsp3) is 0.214. The van der Waals surface area contributed by atoms with Crippen molar-refractivity contribution in [2.24, 2.45) is 0 Å². The van der Waals surface area contributed by atoms with Crippen molar-refractivity contribution in [2.45, 2.75) is 19.2 Å². The summed E-state index contributed by atoms with van der Waals surface area (Å²) in [5.74, 6) is -0.662. The number of imidazole rings is 1. The van der Waals surface area contributed by atoms with E-state index >= 15 is 0 Å². The lowest BCUT2D eigenvalue weighted by Crippen LogP contribution is -2.28. The van der Waals surface area contributed by atoms with Crippen molar-refractivity contribution in [1.29, 1.82) is 0 Å². The van der Waals surface area contributed by atoms with Gasteiger partial charge >= 0.3 is 17.6 Å². The molecule has 0 amide bonds. The van der Waals surface area contributed by atoms with Gasteiger partial charge in [-0.2, -0.15) is 4.68 Å². The number of benzene rings is 1. The lowest BCUT2D eigenvalue weighted by atomic mass is 10.2. The fourth-order valence-electron chi connectivity index (χ4n) is 2.52. The van der Waals surface area contributed by atoms with Crippen LogP contribution in [0.1, 0.15) is 0 Å². The van der Waals surface area contributed by atoms with Gasteiger partial charge in [0.25, 0.3) is 0 Å². The SMILES string of the molecule is O=c1oc(-c2ccc(Br)cc2)nn1CC1Cn2cc([N+](=O)[O-])nc2O1. The van der Waals surface area contributed by atoms with Crippen LogP contribution in [0.4, 0.5) is 5.82 Å². The molecule has 0 saturated heterocycles. The summed E-state index contributed by atoms with van der Waals surface area (Å²) in [5, 5.41) is 14.9. The Morgan fingerprint density at radius 1 is 1.36 bits per heavy atom. The highest BCUT2D eigenvalue weighted by Gasteiger charge is 2.32. The predicted molar refractivity (Wildman–Crippen MR) is 87.2 cm³/mol. The molecular weight excluding hydrogens is 398 g/mol. The Bertz CT molecular complexity index is 982. The van der Waals surface area contributed by atoms with Gasteiger partial charge in [0.1, 0.15) is 12.3 Å². The zero-order valence-electron chi connectivity index (χ0n) is 12.5. The molecular formula is C14H10BrN5O5. The molecule has 10 nitrogen and oxygen atoms in total. The third-order valence-electron chi connectivity index (χ3n) is 3.66. The normalized spacial score (nSPS) is 15.8. The third-order valence-corrected chi connectivity index (χ3v) is 4.19. The fourth-order valence-corrected chi connectivity index (χ4v) is 2.79. The highest BCUT2D eigenvalue weighted by molar-refractivity contribution is 9.10. The Balaban J connectivity index is 1.50. The van der Waals surface area contributed by atoms with Gasteiger partial charge in [0, 0.05) is 15.0 Å². The highest BCUT2D eigenvalue weighted by atomic mass is 79.9. The lowest BCUT2D eigenvalue weighted by Gasteiger charge is -2.06. The zero-order valence-corrected chi connectivity index (χ0v) is 14.1. The van der Waals surface area contributed by atoms with Gasteiger partial charge in [-0.3, -0.25) is 4.57 Å². The van der Waals surface area contributed by atoms with Gasteiger partial charge in [-0.05, 0) is 29.2 Å². The molecule has 1 aromatic carbocycles. The zero-order chi connectivity index (χ0) is 17.6. The van der Waals surface area contributed by atoms with Gasteiger partial charge in [-0.25, -0.2) is 4.79 Å². The van der Waals surface area contributed by atoms with E-state index in [0.29, 0.717) is 12.1 Å². The van der Waals surface area contributed by atoms with Crippen LogP contribution in [0.25, 0.3) is 11.5 Å². The maximum Gasteiger partial charge on any atom is 0.437 e. The number of hydrogen-bond donors (Lipinski definition) is 0. The monoisotopic (exact) mass is 407 g/mol. The van der Waals surface area contributed by atoms with Gasteiger partial charge in [0.2, 0.25) is 5.89 Å². The summed E-state index contributed by atoms with van der Waals surface area (Å²) in [7, 11) is 0. The van der Waals surface area contributed by atoms with E-state index in [1.165, 1.54) is 15.4 Å². The van der Waals surface area contributed by atoms with Crippen LogP contribution in [0.5, 0.6) is 6.01 Å². The van der Waals surface area contributed by atoms with Crippen LogP contribution in [-0.4, -0.2) is 30.4 Å². The number of aromatic nitrogens is 4. The number of rotatable bonds is 4. The lowest BCUT2D eigenvalue weighted by molar-refractivity contribution is -0.389. The average molecular weight is 408 g/mol. The molecule has 0 saturated carbocycles. The molecule has 3 aromatic rings. The second-order valence-corrected chi connectivity index (χ2v) is 6.31. The van der Waals surface area contributed by atoms with Crippen molar-refractivity contribution in [3.05, 3.63) is 55.6 Å². The Morgan fingerprint density at radius 3 is 2.80 bits per heavy atom. The first-order valence-corrected chi connectivity index (χ1v) is 8.01. The highest BCUT2D eigenvalue weighted by Crippen LogP contribution is 2.25. The van der Waals surface area contributed by atoms with Gasteiger partial charge in [-0.15, -0.1) is 5.10 Å². The minimum atomic E-state index is -0.600.